The Bertz CT molecular complexity index is 2320. The van der Waals surface area contributed by atoms with Crippen molar-refractivity contribution >= 4 is 34.1 Å². The van der Waals surface area contributed by atoms with Gasteiger partial charge in [0, 0.05) is 61.6 Å². The van der Waals surface area contributed by atoms with E-state index in [0.29, 0.717) is 50.9 Å². The first kappa shape index (κ1) is 36.2. The zero-order chi connectivity index (χ0) is 37.3. The van der Waals surface area contributed by atoms with Crippen LogP contribution < -0.4 is 26.9 Å². The van der Waals surface area contributed by atoms with Crippen LogP contribution in [0.5, 0.6) is 0 Å². The average Bonchev–Trinajstić information content (AvgIpc) is 3.09. The zero-order valence-corrected chi connectivity index (χ0v) is 29.0. The molecular formula is C38H39F3N6O5. The molecule has 1 fully saturated rings. The van der Waals surface area contributed by atoms with E-state index < -0.39 is 45.7 Å². The van der Waals surface area contributed by atoms with E-state index in [0.717, 1.165) is 41.1 Å². The molecule has 0 amide bonds. The lowest BCUT2D eigenvalue weighted by molar-refractivity contribution is 0.0695. The molecule has 0 aliphatic carbocycles. The topological polar surface area (TPSA) is 133 Å². The number of nitrogens with zero attached hydrogens (tertiary/aromatic N) is 4. The van der Waals surface area contributed by atoms with Crippen molar-refractivity contribution in [3.05, 3.63) is 126 Å². The Kier molecular flexibility index (Phi) is 10.4. The predicted molar refractivity (Wildman–Crippen MR) is 194 cm³/mol. The van der Waals surface area contributed by atoms with Crippen LogP contribution in [0.1, 0.15) is 48.2 Å². The molecule has 3 heterocycles. The van der Waals surface area contributed by atoms with Gasteiger partial charge in [-0.2, -0.15) is 0 Å². The molecule has 1 saturated heterocycles. The van der Waals surface area contributed by atoms with Crippen molar-refractivity contribution in [1.82, 2.24) is 19.0 Å². The Morgan fingerprint density at radius 1 is 0.942 bits per heavy atom. The van der Waals surface area contributed by atoms with Gasteiger partial charge in [0.1, 0.15) is 28.8 Å². The summed E-state index contributed by atoms with van der Waals surface area (Å²) in [5.41, 5.74) is 0.641. The first-order chi connectivity index (χ1) is 24.8. The third kappa shape index (κ3) is 7.38. The molecule has 1 unspecified atom stereocenters. The van der Waals surface area contributed by atoms with Crippen molar-refractivity contribution in [3.63, 3.8) is 0 Å². The highest BCUT2D eigenvalue weighted by Crippen LogP contribution is 2.30. The summed E-state index contributed by atoms with van der Waals surface area (Å²) in [5, 5.41) is 12.5. The molecule has 0 spiro atoms. The van der Waals surface area contributed by atoms with Crippen LogP contribution in [-0.4, -0.2) is 62.3 Å². The SMILES string of the molecule is CCc1cc(Nc2cc(=O)n(CCCCN3CCN(c4cc5c(cc4F)c(=O)c(C(=O)O)cn5-c4ccc(F)cc4F)CC3C)c(=O)[nH]2)ccc1C. The summed E-state index contributed by atoms with van der Waals surface area (Å²) in [6.07, 6.45) is 3.11. The van der Waals surface area contributed by atoms with Crippen LogP contribution in [0.25, 0.3) is 16.6 Å². The molecule has 3 N–H and O–H groups in total. The highest BCUT2D eigenvalue weighted by atomic mass is 19.1. The number of unbranched alkanes of at least 4 members (excludes halogenated alkanes) is 1. The number of nitrogens with one attached hydrogen (secondary N) is 2. The summed E-state index contributed by atoms with van der Waals surface area (Å²) >= 11 is 0. The van der Waals surface area contributed by atoms with Crippen LogP contribution in [0.15, 0.2) is 75.2 Å². The van der Waals surface area contributed by atoms with Gasteiger partial charge in [-0.15, -0.1) is 0 Å². The second-order valence-electron chi connectivity index (χ2n) is 13.1. The second kappa shape index (κ2) is 14.9. The van der Waals surface area contributed by atoms with Crippen LogP contribution in [0.4, 0.5) is 30.4 Å². The summed E-state index contributed by atoms with van der Waals surface area (Å²) in [4.78, 5) is 57.3. The number of H-pyrrole nitrogens is 1. The number of halogens is 3. The smallest absolute Gasteiger partial charge is 0.341 e. The van der Waals surface area contributed by atoms with E-state index in [1.807, 2.05) is 36.9 Å². The van der Waals surface area contributed by atoms with Crippen LogP contribution in [0.2, 0.25) is 0 Å². The lowest BCUT2D eigenvalue weighted by atomic mass is 10.1. The normalized spacial score (nSPS) is 15.0. The number of piperazine rings is 1. The Hall–Kier alpha value is -5.63. The van der Waals surface area contributed by atoms with E-state index in [2.05, 4.69) is 22.1 Å². The van der Waals surface area contributed by atoms with Gasteiger partial charge in [0.05, 0.1) is 16.9 Å². The predicted octanol–water partition coefficient (Wildman–Crippen LogP) is 5.56. The first-order valence-corrected chi connectivity index (χ1v) is 17.1. The number of hydrogen-bond donors (Lipinski definition) is 3. The number of benzene rings is 3. The monoisotopic (exact) mass is 716 g/mol. The second-order valence-corrected chi connectivity index (χ2v) is 13.1. The van der Waals surface area contributed by atoms with E-state index in [1.54, 1.807) is 0 Å². The van der Waals surface area contributed by atoms with E-state index in [4.69, 9.17) is 0 Å². The molecule has 0 saturated carbocycles. The Morgan fingerprint density at radius 2 is 1.69 bits per heavy atom. The largest absolute Gasteiger partial charge is 0.477 e. The number of pyridine rings is 1. The third-order valence-electron chi connectivity index (χ3n) is 9.68. The standard InChI is InChI=1S/C38H39F3N6O5/c1-4-24-15-26(9-7-22(24)2)42-34-19-35(48)46(38(52)43-34)12-6-5-11-44-13-14-45(20-23(44)3)33-18-32-27(17-30(33)41)36(49)28(37(50)51)21-47(32)31-10-8-25(39)16-29(31)40/h7-10,15-19,21,23,42H,4-6,11-14,20H2,1-3H3,(H,43,52)(H,50,51). The molecule has 14 heteroatoms. The molecule has 0 bridgehead atoms. The molecule has 1 aliphatic rings. The maximum Gasteiger partial charge on any atom is 0.341 e. The van der Waals surface area contributed by atoms with Gasteiger partial charge in [0.2, 0.25) is 5.43 Å². The number of aromatic nitrogens is 3. The summed E-state index contributed by atoms with van der Waals surface area (Å²) in [7, 11) is 0. The number of hydrogen-bond acceptors (Lipinski definition) is 7. The van der Waals surface area contributed by atoms with Gasteiger partial charge in [-0.05, 0) is 87.2 Å². The maximum absolute atomic E-state index is 15.6. The number of aromatic amines is 1. The number of aromatic carboxylic acids is 1. The molecule has 11 nitrogen and oxygen atoms in total. The lowest BCUT2D eigenvalue weighted by Gasteiger charge is -2.41. The van der Waals surface area contributed by atoms with Crippen molar-refractivity contribution < 1.29 is 23.1 Å². The molecule has 1 atom stereocenters. The fourth-order valence-corrected chi connectivity index (χ4v) is 6.82. The fourth-order valence-electron chi connectivity index (χ4n) is 6.82. The minimum absolute atomic E-state index is 0.0264. The molecule has 0 radical (unpaired) electrons. The number of anilines is 3. The van der Waals surface area contributed by atoms with Crippen LogP contribution in [-0.2, 0) is 13.0 Å². The highest BCUT2D eigenvalue weighted by molar-refractivity contribution is 5.94. The van der Waals surface area contributed by atoms with Gasteiger partial charge in [-0.1, -0.05) is 13.0 Å². The van der Waals surface area contributed by atoms with Crippen LogP contribution >= 0.6 is 0 Å². The van der Waals surface area contributed by atoms with Gasteiger partial charge in [-0.3, -0.25) is 24.0 Å². The molecule has 6 rings (SSSR count). The summed E-state index contributed by atoms with van der Waals surface area (Å²) in [6, 6.07) is 12.4. The number of carboxylic acid groups (broad SMARTS) is 1. The van der Waals surface area contributed by atoms with Crippen LogP contribution in [0, 0.1) is 24.4 Å². The van der Waals surface area contributed by atoms with Gasteiger partial charge >= 0.3 is 11.7 Å². The van der Waals surface area contributed by atoms with E-state index in [-0.39, 0.29) is 34.9 Å². The first-order valence-electron chi connectivity index (χ1n) is 17.1. The summed E-state index contributed by atoms with van der Waals surface area (Å²) in [6.45, 7) is 8.41. The number of carboxylic acids is 1. The van der Waals surface area contributed by atoms with E-state index in [1.165, 1.54) is 27.8 Å². The molecule has 52 heavy (non-hydrogen) atoms. The van der Waals surface area contributed by atoms with Gasteiger partial charge in [0.25, 0.3) is 5.56 Å². The number of aryl methyl sites for hydroxylation is 2. The summed E-state index contributed by atoms with van der Waals surface area (Å²) < 4.78 is 46.5. The van der Waals surface area contributed by atoms with Crippen molar-refractivity contribution in [3.8, 4) is 5.69 Å². The maximum atomic E-state index is 15.6. The van der Waals surface area contributed by atoms with Crippen molar-refractivity contribution in [2.24, 2.45) is 0 Å². The van der Waals surface area contributed by atoms with Gasteiger partial charge in [0.15, 0.2) is 0 Å². The van der Waals surface area contributed by atoms with E-state index in [9.17, 15) is 33.1 Å². The highest BCUT2D eigenvalue weighted by Gasteiger charge is 2.27. The quantitative estimate of drug-likeness (QED) is 0.152. The van der Waals surface area contributed by atoms with Crippen molar-refractivity contribution in [2.75, 3.05) is 36.4 Å². The molecule has 5 aromatic rings. The van der Waals surface area contributed by atoms with Crippen LogP contribution in [0.3, 0.4) is 0 Å². The number of carbonyl (C=O) groups is 1. The Balaban J connectivity index is 1.12. The Labute approximate surface area is 296 Å². The number of fused-ring (bicyclic) bond motifs is 1. The van der Waals surface area contributed by atoms with Gasteiger partial charge < -0.3 is 19.9 Å². The summed E-state index contributed by atoms with van der Waals surface area (Å²) in [5.74, 6) is -3.80. The molecule has 1 aliphatic heterocycles. The molecule has 2 aromatic heterocycles. The average molecular weight is 717 g/mol. The molecule has 272 valence electrons. The molecule has 3 aromatic carbocycles. The minimum Gasteiger partial charge on any atom is -0.477 e. The van der Waals surface area contributed by atoms with Crippen molar-refractivity contribution in [2.45, 2.75) is 52.6 Å². The third-order valence-corrected chi connectivity index (χ3v) is 9.68. The van der Waals surface area contributed by atoms with Gasteiger partial charge in [-0.25, -0.2) is 22.8 Å². The minimum atomic E-state index is -1.56. The van der Waals surface area contributed by atoms with Crippen molar-refractivity contribution in [1.29, 1.82) is 0 Å². The lowest BCUT2D eigenvalue weighted by Crippen LogP contribution is -2.52. The van der Waals surface area contributed by atoms with E-state index >= 15 is 4.39 Å². The Morgan fingerprint density at radius 3 is 2.38 bits per heavy atom. The fraction of sp³-hybridized carbons (Fsp3) is 0.316. The zero-order valence-electron chi connectivity index (χ0n) is 29.0. The number of rotatable bonds is 11. The molecular weight excluding hydrogens is 677 g/mol.